The highest BCUT2D eigenvalue weighted by Gasteiger charge is 2.15. The Morgan fingerprint density at radius 3 is 2.64 bits per heavy atom. The van der Waals surface area contributed by atoms with Gasteiger partial charge in [-0.2, -0.15) is 0 Å². The number of fused-ring (bicyclic) bond motifs is 1. The Labute approximate surface area is 130 Å². The summed E-state index contributed by atoms with van der Waals surface area (Å²) < 4.78 is 0. The summed E-state index contributed by atoms with van der Waals surface area (Å²) in [6, 6.07) is 21.2. The Balaban J connectivity index is 1.65. The lowest BCUT2D eigenvalue weighted by molar-refractivity contribution is 1.09. The molecule has 0 radical (unpaired) electrons. The van der Waals surface area contributed by atoms with Crippen LogP contribution in [0, 0.1) is 0 Å². The van der Waals surface area contributed by atoms with Crippen LogP contribution >= 0.6 is 0 Å². The summed E-state index contributed by atoms with van der Waals surface area (Å²) in [5.74, 6) is 0.331. The standard InChI is InChI=1S/C21H17N/c1-2-6-16(7-3-1)14-17-11-12-19(15-17)20-10-4-8-18-9-5-13-22-21(18)20/h1-13,15,19H,14H2. The summed E-state index contributed by atoms with van der Waals surface area (Å²) >= 11 is 0. The van der Waals surface area contributed by atoms with Gasteiger partial charge in [0.25, 0.3) is 0 Å². The number of aromatic nitrogens is 1. The van der Waals surface area contributed by atoms with Crippen molar-refractivity contribution in [1.82, 2.24) is 4.98 Å². The van der Waals surface area contributed by atoms with Gasteiger partial charge in [-0.3, -0.25) is 4.98 Å². The van der Waals surface area contributed by atoms with E-state index in [1.54, 1.807) is 0 Å². The molecule has 1 heteroatoms. The van der Waals surface area contributed by atoms with Crippen molar-refractivity contribution in [2.75, 3.05) is 0 Å². The Bertz CT molecular complexity index is 854. The molecular weight excluding hydrogens is 266 g/mol. The van der Waals surface area contributed by atoms with Gasteiger partial charge in [0.1, 0.15) is 0 Å². The van der Waals surface area contributed by atoms with E-state index in [9.17, 15) is 0 Å². The average Bonchev–Trinajstić information content (AvgIpc) is 3.03. The molecule has 0 spiro atoms. The zero-order chi connectivity index (χ0) is 14.8. The van der Waals surface area contributed by atoms with Crippen LogP contribution in [0.3, 0.4) is 0 Å². The van der Waals surface area contributed by atoms with Crippen LogP contribution in [0.5, 0.6) is 0 Å². The molecule has 0 aliphatic heterocycles. The number of allylic oxidation sites excluding steroid dienone is 4. The molecule has 1 aromatic heterocycles. The zero-order valence-electron chi connectivity index (χ0n) is 12.3. The molecule has 1 nitrogen and oxygen atoms in total. The van der Waals surface area contributed by atoms with Crippen LogP contribution in [-0.2, 0) is 6.42 Å². The van der Waals surface area contributed by atoms with Crippen molar-refractivity contribution in [3.05, 3.63) is 102 Å². The lowest BCUT2D eigenvalue weighted by Gasteiger charge is -2.09. The number of hydrogen-bond acceptors (Lipinski definition) is 1. The van der Waals surface area contributed by atoms with Gasteiger partial charge in [0, 0.05) is 17.5 Å². The molecule has 1 unspecified atom stereocenters. The van der Waals surface area contributed by atoms with Crippen molar-refractivity contribution in [3.8, 4) is 0 Å². The Morgan fingerprint density at radius 2 is 1.73 bits per heavy atom. The predicted molar refractivity (Wildman–Crippen MR) is 91.9 cm³/mol. The van der Waals surface area contributed by atoms with Crippen LogP contribution in [0.15, 0.2) is 90.7 Å². The topological polar surface area (TPSA) is 12.9 Å². The number of para-hydroxylation sites is 1. The molecule has 0 amide bonds. The van der Waals surface area contributed by atoms with Gasteiger partial charge in [-0.05, 0) is 29.2 Å². The summed E-state index contributed by atoms with van der Waals surface area (Å²) in [6.45, 7) is 0. The highest BCUT2D eigenvalue weighted by Crippen LogP contribution is 2.31. The molecule has 0 saturated heterocycles. The Kier molecular flexibility index (Phi) is 3.32. The first-order valence-corrected chi connectivity index (χ1v) is 7.66. The monoisotopic (exact) mass is 283 g/mol. The molecule has 0 saturated carbocycles. The van der Waals surface area contributed by atoms with E-state index in [4.69, 9.17) is 0 Å². The molecule has 1 aliphatic rings. The van der Waals surface area contributed by atoms with Gasteiger partial charge in [-0.1, -0.05) is 72.8 Å². The average molecular weight is 283 g/mol. The van der Waals surface area contributed by atoms with E-state index in [1.807, 2.05) is 12.3 Å². The lowest BCUT2D eigenvalue weighted by Crippen LogP contribution is -1.93. The maximum atomic E-state index is 4.57. The number of hydrogen-bond donors (Lipinski definition) is 0. The van der Waals surface area contributed by atoms with Crippen molar-refractivity contribution in [3.63, 3.8) is 0 Å². The van der Waals surface area contributed by atoms with Crippen molar-refractivity contribution < 1.29 is 0 Å². The van der Waals surface area contributed by atoms with Gasteiger partial charge in [-0.15, -0.1) is 0 Å². The molecule has 0 bridgehead atoms. The van der Waals surface area contributed by atoms with Crippen LogP contribution in [0.1, 0.15) is 17.0 Å². The van der Waals surface area contributed by atoms with E-state index in [1.165, 1.54) is 22.1 Å². The normalized spacial score (nSPS) is 16.9. The SMILES string of the molecule is C1=CC(c2cccc3cccnc23)C=C1Cc1ccccc1. The van der Waals surface area contributed by atoms with Gasteiger partial charge in [-0.25, -0.2) is 0 Å². The number of pyridine rings is 1. The van der Waals surface area contributed by atoms with Crippen LogP contribution in [0.4, 0.5) is 0 Å². The smallest absolute Gasteiger partial charge is 0.0743 e. The summed E-state index contributed by atoms with van der Waals surface area (Å²) in [4.78, 5) is 4.57. The van der Waals surface area contributed by atoms with Gasteiger partial charge in [0.2, 0.25) is 0 Å². The van der Waals surface area contributed by atoms with Gasteiger partial charge < -0.3 is 0 Å². The first kappa shape index (κ1) is 13.0. The van der Waals surface area contributed by atoms with Crippen LogP contribution in [-0.4, -0.2) is 4.98 Å². The minimum Gasteiger partial charge on any atom is -0.256 e. The van der Waals surface area contributed by atoms with Gasteiger partial charge in [0.05, 0.1) is 5.52 Å². The summed E-state index contributed by atoms with van der Waals surface area (Å²) in [5, 5.41) is 1.21. The van der Waals surface area contributed by atoms with E-state index < -0.39 is 0 Å². The lowest BCUT2D eigenvalue weighted by atomic mass is 9.97. The largest absolute Gasteiger partial charge is 0.256 e. The Morgan fingerprint density at radius 1 is 0.864 bits per heavy atom. The zero-order valence-corrected chi connectivity index (χ0v) is 12.3. The minimum absolute atomic E-state index is 0.331. The minimum atomic E-state index is 0.331. The van der Waals surface area contributed by atoms with E-state index in [0.29, 0.717) is 5.92 Å². The van der Waals surface area contributed by atoms with E-state index in [0.717, 1.165) is 11.9 Å². The second kappa shape index (κ2) is 5.61. The highest BCUT2D eigenvalue weighted by atomic mass is 14.6. The second-order valence-corrected chi connectivity index (χ2v) is 5.71. The van der Waals surface area contributed by atoms with E-state index in [-0.39, 0.29) is 0 Å². The quantitative estimate of drug-likeness (QED) is 0.655. The fourth-order valence-electron chi connectivity index (χ4n) is 3.11. The maximum absolute atomic E-state index is 4.57. The second-order valence-electron chi connectivity index (χ2n) is 5.71. The first-order chi connectivity index (χ1) is 10.9. The molecule has 3 aromatic rings. The molecular formula is C21H17N. The van der Waals surface area contributed by atoms with Crippen LogP contribution in [0.2, 0.25) is 0 Å². The third kappa shape index (κ3) is 2.46. The first-order valence-electron chi connectivity index (χ1n) is 7.66. The van der Waals surface area contributed by atoms with Crippen molar-refractivity contribution in [2.24, 2.45) is 0 Å². The highest BCUT2D eigenvalue weighted by molar-refractivity contribution is 5.82. The maximum Gasteiger partial charge on any atom is 0.0743 e. The molecule has 22 heavy (non-hydrogen) atoms. The van der Waals surface area contributed by atoms with E-state index >= 15 is 0 Å². The van der Waals surface area contributed by atoms with Crippen molar-refractivity contribution in [1.29, 1.82) is 0 Å². The van der Waals surface area contributed by atoms with E-state index in [2.05, 4.69) is 77.8 Å². The van der Waals surface area contributed by atoms with Crippen LogP contribution in [0.25, 0.3) is 10.9 Å². The fraction of sp³-hybridized carbons (Fsp3) is 0.0952. The molecule has 0 fully saturated rings. The Hall–Kier alpha value is -2.67. The van der Waals surface area contributed by atoms with Crippen molar-refractivity contribution >= 4 is 10.9 Å². The molecule has 106 valence electrons. The third-order valence-corrected chi connectivity index (χ3v) is 4.19. The summed E-state index contributed by atoms with van der Waals surface area (Å²) in [5.41, 5.74) is 5.13. The molecule has 0 N–H and O–H groups in total. The fourth-order valence-corrected chi connectivity index (χ4v) is 3.11. The summed E-state index contributed by atoms with van der Waals surface area (Å²) in [7, 11) is 0. The number of nitrogens with zero attached hydrogens (tertiary/aromatic N) is 1. The van der Waals surface area contributed by atoms with Crippen LogP contribution < -0.4 is 0 Å². The molecule has 1 aliphatic carbocycles. The third-order valence-electron chi connectivity index (χ3n) is 4.19. The molecule has 2 aromatic carbocycles. The molecule has 1 heterocycles. The summed E-state index contributed by atoms with van der Waals surface area (Å²) in [6.07, 6.45) is 9.75. The number of benzene rings is 2. The van der Waals surface area contributed by atoms with Crippen molar-refractivity contribution in [2.45, 2.75) is 12.3 Å². The molecule has 1 atom stereocenters. The van der Waals surface area contributed by atoms with Gasteiger partial charge >= 0.3 is 0 Å². The molecule has 4 rings (SSSR count). The van der Waals surface area contributed by atoms with Gasteiger partial charge in [0.15, 0.2) is 0 Å². The predicted octanol–water partition coefficient (Wildman–Crippen LogP) is 5.06. The number of rotatable bonds is 3.